The second-order valence-electron chi connectivity index (χ2n) is 8.09. The number of ether oxygens (including phenoxy) is 1. The SMILES string of the molecule is COc1cn(CC(=O)Nc2ccccc2F)c(CN2CCN(c3ccc(F)cc3)CC2)cc1=O. The van der Waals surface area contributed by atoms with E-state index in [0.29, 0.717) is 12.2 Å². The van der Waals surface area contributed by atoms with Crippen molar-refractivity contribution >= 4 is 17.3 Å². The Labute approximate surface area is 196 Å². The Morgan fingerprint density at radius 3 is 2.41 bits per heavy atom. The van der Waals surface area contributed by atoms with Crippen LogP contribution in [0.15, 0.2) is 65.6 Å². The van der Waals surface area contributed by atoms with Crippen LogP contribution in [0, 0.1) is 11.6 Å². The maximum absolute atomic E-state index is 13.9. The number of pyridine rings is 1. The summed E-state index contributed by atoms with van der Waals surface area (Å²) in [7, 11) is 1.40. The molecule has 0 radical (unpaired) electrons. The molecule has 0 spiro atoms. The molecular formula is C25H26F2N4O3. The lowest BCUT2D eigenvalue weighted by molar-refractivity contribution is -0.116. The van der Waals surface area contributed by atoms with Crippen LogP contribution < -0.4 is 20.4 Å². The third kappa shape index (κ3) is 5.60. The Kier molecular flexibility index (Phi) is 7.22. The molecule has 1 aliphatic heterocycles. The van der Waals surface area contributed by atoms with Gasteiger partial charge in [0.2, 0.25) is 11.3 Å². The van der Waals surface area contributed by atoms with Crippen LogP contribution in [0.5, 0.6) is 5.75 Å². The van der Waals surface area contributed by atoms with Crippen LogP contribution in [0.1, 0.15) is 5.69 Å². The smallest absolute Gasteiger partial charge is 0.244 e. The zero-order chi connectivity index (χ0) is 24.1. The largest absolute Gasteiger partial charge is 0.491 e. The van der Waals surface area contributed by atoms with Gasteiger partial charge in [0.15, 0.2) is 5.75 Å². The van der Waals surface area contributed by atoms with Crippen LogP contribution >= 0.6 is 0 Å². The number of nitrogens with one attached hydrogen (secondary N) is 1. The van der Waals surface area contributed by atoms with Gasteiger partial charge >= 0.3 is 0 Å². The molecule has 1 amide bonds. The van der Waals surface area contributed by atoms with Crippen molar-refractivity contribution in [3.63, 3.8) is 0 Å². The third-order valence-electron chi connectivity index (χ3n) is 5.81. The van der Waals surface area contributed by atoms with E-state index in [2.05, 4.69) is 15.1 Å². The summed E-state index contributed by atoms with van der Waals surface area (Å²) in [4.78, 5) is 29.4. The second kappa shape index (κ2) is 10.5. The average Bonchev–Trinajstić information content (AvgIpc) is 2.83. The van der Waals surface area contributed by atoms with E-state index in [1.807, 2.05) is 0 Å². The number of carbonyl (C=O) groups is 1. The van der Waals surface area contributed by atoms with E-state index in [1.165, 1.54) is 43.6 Å². The molecule has 3 aromatic rings. The number of hydrogen-bond donors (Lipinski definition) is 1. The zero-order valence-electron chi connectivity index (χ0n) is 18.8. The van der Waals surface area contributed by atoms with Crippen molar-refractivity contribution in [2.75, 3.05) is 43.5 Å². The Bertz CT molecular complexity index is 1210. The number of benzene rings is 2. The molecule has 1 aliphatic rings. The Balaban J connectivity index is 1.45. The van der Waals surface area contributed by atoms with Gasteiger partial charge in [0.05, 0.1) is 19.0 Å². The lowest BCUT2D eigenvalue weighted by Gasteiger charge is -2.36. The summed E-state index contributed by atoms with van der Waals surface area (Å²) in [5.41, 5.74) is 1.45. The fourth-order valence-corrected chi connectivity index (χ4v) is 3.98. The van der Waals surface area contributed by atoms with Crippen LogP contribution in [0.4, 0.5) is 20.2 Å². The molecular weight excluding hydrogens is 442 g/mol. The molecule has 1 N–H and O–H groups in total. The number of carbonyl (C=O) groups excluding carboxylic acids is 1. The number of methoxy groups -OCH3 is 1. The minimum absolute atomic E-state index is 0.0963. The normalized spacial score (nSPS) is 14.1. The highest BCUT2D eigenvalue weighted by Gasteiger charge is 2.20. The maximum Gasteiger partial charge on any atom is 0.244 e. The molecule has 178 valence electrons. The molecule has 1 fully saturated rings. The zero-order valence-corrected chi connectivity index (χ0v) is 18.8. The lowest BCUT2D eigenvalue weighted by Crippen LogP contribution is -2.46. The first-order chi connectivity index (χ1) is 16.4. The van der Waals surface area contributed by atoms with Gasteiger partial charge in [-0.25, -0.2) is 8.78 Å². The Morgan fingerprint density at radius 1 is 1.03 bits per heavy atom. The van der Waals surface area contributed by atoms with Gasteiger partial charge in [0.25, 0.3) is 0 Å². The van der Waals surface area contributed by atoms with Crippen molar-refractivity contribution in [1.82, 2.24) is 9.47 Å². The summed E-state index contributed by atoms with van der Waals surface area (Å²) in [6, 6.07) is 13.8. The first-order valence-electron chi connectivity index (χ1n) is 11.0. The predicted octanol–water partition coefficient (Wildman–Crippen LogP) is 3.10. The fourth-order valence-electron chi connectivity index (χ4n) is 3.98. The van der Waals surface area contributed by atoms with Crippen LogP contribution in [-0.4, -0.2) is 48.7 Å². The highest BCUT2D eigenvalue weighted by molar-refractivity contribution is 5.90. The molecule has 2 heterocycles. The summed E-state index contributed by atoms with van der Waals surface area (Å²) < 4.78 is 33.9. The molecule has 0 bridgehead atoms. The van der Waals surface area contributed by atoms with Crippen molar-refractivity contribution in [3.05, 3.63) is 88.3 Å². The van der Waals surface area contributed by atoms with Crippen molar-refractivity contribution in [1.29, 1.82) is 0 Å². The van der Waals surface area contributed by atoms with Gasteiger partial charge in [0, 0.05) is 50.2 Å². The molecule has 0 atom stereocenters. The monoisotopic (exact) mass is 468 g/mol. The molecule has 0 unspecified atom stereocenters. The average molecular weight is 469 g/mol. The number of anilines is 2. The van der Waals surface area contributed by atoms with Crippen molar-refractivity contribution in [3.8, 4) is 5.75 Å². The van der Waals surface area contributed by atoms with Gasteiger partial charge in [-0.15, -0.1) is 0 Å². The number of aromatic nitrogens is 1. The van der Waals surface area contributed by atoms with Gasteiger partial charge in [-0.1, -0.05) is 12.1 Å². The first-order valence-corrected chi connectivity index (χ1v) is 11.0. The molecule has 2 aromatic carbocycles. The molecule has 1 aromatic heterocycles. The molecule has 7 nitrogen and oxygen atoms in total. The van der Waals surface area contributed by atoms with E-state index in [9.17, 15) is 18.4 Å². The third-order valence-corrected chi connectivity index (χ3v) is 5.81. The van der Waals surface area contributed by atoms with Gasteiger partial charge in [-0.3, -0.25) is 14.5 Å². The van der Waals surface area contributed by atoms with E-state index >= 15 is 0 Å². The van der Waals surface area contributed by atoms with E-state index in [4.69, 9.17) is 4.74 Å². The molecule has 0 saturated carbocycles. The molecule has 4 rings (SSSR count). The number of piperazine rings is 1. The van der Waals surface area contributed by atoms with E-state index in [-0.39, 0.29) is 29.2 Å². The predicted molar refractivity (Wildman–Crippen MR) is 126 cm³/mol. The number of rotatable bonds is 7. The van der Waals surface area contributed by atoms with Gasteiger partial charge < -0.3 is 19.5 Å². The number of halogens is 2. The Hall–Kier alpha value is -3.72. The molecule has 0 aliphatic carbocycles. The summed E-state index contributed by atoms with van der Waals surface area (Å²) >= 11 is 0. The summed E-state index contributed by atoms with van der Waals surface area (Å²) in [5, 5.41) is 2.57. The topological polar surface area (TPSA) is 66.8 Å². The van der Waals surface area contributed by atoms with Crippen LogP contribution in [0.2, 0.25) is 0 Å². The van der Waals surface area contributed by atoms with E-state index in [1.54, 1.807) is 28.8 Å². The van der Waals surface area contributed by atoms with Gasteiger partial charge in [0.1, 0.15) is 18.2 Å². The lowest BCUT2D eigenvalue weighted by atomic mass is 10.2. The number of para-hydroxylation sites is 1. The highest BCUT2D eigenvalue weighted by atomic mass is 19.1. The number of amides is 1. The Morgan fingerprint density at radius 2 is 1.74 bits per heavy atom. The van der Waals surface area contributed by atoms with Crippen LogP contribution in [0.25, 0.3) is 0 Å². The first kappa shape index (κ1) is 23.4. The quantitative estimate of drug-likeness (QED) is 0.577. The molecule has 9 heteroatoms. The minimum atomic E-state index is -0.521. The maximum atomic E-state index is 13.9. The van der Waals surface area contributed by atoms with Crippen molar-refractivity contribution < 1.29 is 18.3 Å². The highest BCUT2D eigenvalue weighted by Crippen LogP contribution is 2.19. The summed E-state index contributed by atoms with van der Waals surface area (Å²) in [6.07, 6.45) is 1.51. The minimum Gasteiger partial charge on any atom is -0.491 e. The number of nitrogens with zero attached hydrogens (tertiary/aromatic N) is 3. The summed E-state index contributed by atoms with van der Waals surface area (Å²) in [5.74, 6) is -1.08. The number of hydrogen-bond acceptors (Lipinski definition) is 5. The van der Waals surface area contributed by atoms with Crippen molar-refractivity contribution in [2.45, 2.75) is 13.1 Å². The van der Waals surface area contributed by atoms with Crippen LogP contribution in [-0.2, 0) is 17.9 Å². The second-order valence-corrected chi connectivity index (χ2v) is 8.09. The molecule has 1 saturated heterocycles. The molecule has 34 heavy (non-hydrogen) atoms. The van der Waals surface area contributed by atoms with Crippen LogP contribution in [0.3, 0.4) is 0 Å². The fraction of sp³-hybridized carbons (Fsp3) is 0.280. The van der Waals surface area contributed by atoms with E-state index < -0.39 is 11.7 Å². The summed E-state index contributed by atoms with van der Waals surface area (Å²) in [6.45, 7) is 3.33. The van der Waals surface area contributed by atoms with Gasteiger partial charge in [-0.05, 0) is 36.4 Å². The van der Waals surface area contributed by atoms with Gasteiger partial charge in [-0.2, -0.15) is 0 Å². The van der Waals surface area contributed by atoms with E-state index in [0.717, 1.165) is 31.9 Å². The standard InChI is InChI=1S/C25H26F2N4O3/c1-34-24-16-31(17-25(33)28-22-5-3-2-4-21(22)27)20(14-23(24)32)15-29-10-12-30(13-11-29)19-8-6-18(26)7-9-19/h2-9,14,16H,10-13,15,17H2,1H3,(H,28,33). The van der Waals surface area contributed by atoms with Crippen molar-refractivity contribution in [2.24, 2.45) is 0 Å².